The molecule has 1 aromatic carbocycles. The van der Waals surface area contributed by atoms with Crippen LogP contribution in [0.25, 0.3) is 11.0 Å². The van der Waals surface area contributed by atoms with Crippen molar-refractivity contribution in [3.05, 3.63) is 39.2 Å². The molecule has 3 rings (SSSR count). The van der Waals surface area contributed by atoms with Gasteiger partial charge in [-0.2, -0.15) is 0 Å². The number of fused-ring (bicyclic) bond motifs is 3. The molecule has 150 valence electrons. The fraction of sp³-hybridized carbons (Fsp3) is 0.476. The van der Waals surface area contributed by atoms with Crippen molar-refractivity contribution in [1.29, 1.82) is 0 Å². The summed E-state index contributed by atoms with van der Waals surface area (Å²) in [7, 11) is 0. The Morgan fingerprint density at radius 1 is 1.18 bits per heavy atom. The summed E-state index contributed by atoms with van der Waals surface area (Å²) >= 11 is 0. The molecule has 1 aromatic heterocycles. The summed E-state index contributed by atoms with van der Waals surface area (Å²) < 4.78 is 11.4. The number of hydrogen-bond acceptors (Lipinski definition) is 5. The molecule has 1 heterocycles. The lowest BCUT2D eigenvalue weighted by Crippen LogP contribution is -2.48. The van der Waals surface area contributed by atoms with E-state index in [0.29, 0.717) is 23.3 Å². The minimum atomic E-state index is -1.09. The predicted octanol–water partition coefficient (Wildman–Crippen LogP) is 2.58. The summed E-state index contributed by atoms with van der Waals surface area (Å²) in [6, 6.07) is 2.60. The molecule has 0 spiro atoms. The van der Waals surface area contributed by atoms with Crippen molar-refractivity contribution in [3.63, 3.8) is 0 Å². The van der Waals surface area contributed by atoms with Gasteiger partial charge in [-0.25, -0.2) is 9.59 Å². The quantitative estimate of drug-likeness (QED) is 0.738. The molecule has 0 fully saturated rings. The molecular formula is C21H25NO6. The number of carbonyl (C=O) groups is 2. The largest absolute Gasteiger partial charge is 0.480 e. The molecule has 0 saturated carbocycles. The number of aryl methyl sites for hydroxylation is 2. The summed E-state index contributed by atoms with van der Waals surface area (Å²) in [5.41, 5.74) is 2.55. The predicted molar refractivity (Wildman–Crippen MR) is 104 cm³/mol. The highest BCUT2D eigenvalue weighted by atomic mass is 16.5. The van der Waals surface area contributed by atoms with E-state index in [1.54, 1.807) is 26.8 Å². The number of carbonyl (C=O) groups excluding carboxylic acids is 1. The Hall–Kier alpha value is -2.83. The van der Waals surface area contributed by atoms with Crippen LogP contribution in [-0.4, -0.2) is 29.1 Å². The minimum Gasteiger partial charge on any atom is -0.480 e. The van der Waals surface area contributed by atoms with Gasteiger partial charge in [0.25, 0.3) is 5.91 Å². The number of rotatable bonds is 6. The summed E-state index contributed by atoms with van der Waals surface area (Å²) in [5.74, 6) is -1.39. The first-order chi connectivity index (χ1) is 13.2. The van der Waals surface area contributed by atoms with E-state index in [9.17, 15) is 19.5 Å². The van der Waals surface area contributed by atoms with Gasteiger partial charge in [0.15, 0.2) is 6.10 Å². The fourth-order valence-corrected chi connectivity index (χ4v) is 3.63. The van der Waals surface area contributed by atoms with Crippen LogP contribution in [0.3, 0.4) is 0 Å². The molecule has 1 amide bonds. The Bertz CT molecular complexity index is 991. The zero-order valence-corrected chi connectivity index (χ0v) is 16.5. The van der Waals surface area contributed by atoms with Gasteiger partial charge in [-0.1, -0.05) is 13.8 Å². The second kappa shape index (κ2) is 7.66. The number of carboxylic acids is 1. The lowest BCUT2D eigenvalue weighted by Gasteiger charge is -2.22. The highest BCUT2D eigenvalue weighted by Gasteiger charge is 2.28. The minimum absolute atomic E-state index is 0.258. The Morgan fingerprint density at radius 2 is 1.86 bits per heavy atom. The Kier molecular flexibility index (Phi) is 5.45. The molecule has 0 aliphatic heterocycles. The number of benzene rings is 1. The number of amides is 1. The van der Waals surface area contributed by atoms with E-state index in [-0.39, 0.29) is 11.5 Å². The van der Waals surface area contributed by atoms with Gasteiger partial charge in [0.1, 0.15) is 17.4 Å². The summed E-state index contributed by atoms with van der Waals surface area (Å²) in [6.07, 6.45) is 1.39. The van der Waals surface area contributed by atoms with Crippen LogP contribution in [0.4, 0.5) is 0 Å². The number of ether oxygens (including phenoxy) is 1. The molecule has 2 N–H and O–H groups in total. The Labute approximate surface area is 162 Å². The number of nitrogens with one attached hydrogen (secondary N) is 1. The number of aliphatic carboxylic acids is 1. The van der Waals surface area contributed by atoms with Crippen molar-refractivity contribution in [2.45, 2.75) is 59.1 Å². The molecule has 2 unspecified atom stereocenters. The second-order valence-electron chi connectivity index (χ2n) is 7.66. The van der Waals surface area contributed by atoms with E-state index in [4.69, 9.17) is 9.15 Å². The van der Waals surface area contributed by atoms with Crippen LogP contribution in [0.15, 0.2) is 21.3 Å². The molecule has 7 heteroatoms. The third-order valence-corrected chi connectivity index (χ3v) is 5.08. The van der Waals surface area contributed by atoms with Crippen molar-refractivity contribution in [2.75, 3.05) is 0 Å². The van der Waals surface area contributed by atoms with Gasteiger partial charge in [0.2, 0.25) is 0 Å². The van der Waals surface area contributed by atoms with Crippen LogP contribution in [0, 0.1) is 12.8 Å². The Balaban J connectivity index is 1.94. The van der Waals surface area contributed by atoms with Gasteiger partial charge < -0.3 is 19.6 Å². The van der Waals surface area contributed by atoms with E-state index in [1.165, 1.54) is 0 Å². The van der Waals surface area contributed by atoms with Crippen molar-refractivity contribution in [3.8, 4) is 5.75 Å². The maximum atomic E-state index is 12.5. The van der Waals surface area contributed by atoms with Gasteiger partial charge in [0, 0.05) is 5.56 Å². The monoisotopic (exact) mass is 387 g/mol. The van der Waals surface area contributed by atoms with Crippen LogP contribution in [0.2, 0.25) is 0 Å². The molecule has 0 saturated heterocycles. The highest BCUT2D eigenvalue weighted by molar-refractivity contribution is 5.90. The molecule has 2 aromatic rings. The standard InChI is InChI=1S/C21H25NO6/c1-10(2)18(20(24)25)22-19(23)12(4)27-15-8-11(3)9-16-17(15)13-6-5-7-14(13)21(26)28-16/h8-10,12,18H,5-7H2,1-4H3,(H,22,23)(H,24,25). The molecule has 1 aliphatic carbocycles. The van der Waals surface area contributed by atoms with Gasteiger partial charge in [-0.05, 0) is 62.3 Å². The molecule has 7 nitrogen and oxygen atoms in total. The van der Waals surface area contributed by atoms with E-state index >= 15 is 0 Å². The van der Waals surface area contributed by atoms with Gasteiger partial charge in [-0.15, -0.1) is 0 Å². The zero-order valence-electron chi connectivity index (χ0n) is 16.5. The first kappa shape index (κ1) is 19.9. The molecule has 1 aliphatic rings. The summed E-state index contributed by atoms with van der Waals surface area (Å²) in [4.78, 5) is 36.0. The molecular weight excluding hydrogens is 362 g/mol. The normalized spacial score (nSPS) is 15.3. The molecule has 0 bridgehead atoms. The van der Waals surface area contributed by atoms with E-state index in [1.807, 2.05) is 13.0 Å². The topological polar surface area (TPSA) is 106 Å². The van der Waals surface area contributed by atoms with Gasteiger partial charge >= 0.3 is 11.6 Å². The lowest BCUT2D eigenvalue weighted by molar-refractivity contribution is -0.144. The van der Waals surface area contributed by atoms with Crippen LogP contribution >= 0.6 is 0 Å². The van der Waals surface area contributed by atoms with Crippen LogP contribution in [0.5, 0.6) is 5.75 Å². The zero-order chi connectivity index (χ0) is 20.6. The second-order valence-corrected chi connectivity index (χ2v) is 7.66. The van der Waals surface area contributed by atoms with Crippen molar-refractivity contribution < 1.29 is 23.8 Å². The first-order valence-electron chi connectivity index (χ1n) is 9.48. The van der Waals surface area contributed by atoms with E-state index < -0.39 is 24.0 Å². The van der Waals surface area contributed by atoms with Crippen LogP contribution in [0.1, 0.15) is 43.9 Å². The SMILES string of the molecule is Cc1cc(OC(C)C(=O)NC(C(=O)O)C(C)C)c2c3c(c(=O)oc2c1)CCC3. The summed E-state index contributed by atoms with van der Waals surface area (Å²) in [5, 5.41) is 12.5. The molecule has 0 radical (unpaired) electrons. The fourth-order valence-electron chi connectivity index (χ4n) is 3.63. The third-order valence-electron chi connectivity index (χ3n) is 5.08. The Morgan fingerprint density at radius 3 is 2.50 bits per heavy atom. The third kappa shape index (κ3) is 3.74. The van der Waals surface area contributed by atoms with Gasteiger partial charge in [-0.3, -0.25) is 4.79 Å². The smallest absolute Gasteiger partial charge is 0.339 e. The lowest BCUT2D eigenvalue weighted by atomic mass is 10.0. The van der Waals surface area contributed by atoms with Crippen molar-refractivity contribution in [1.82, 2.24) is 5.32 Å². The number of carboxylic acid groups (broad SMARTS) is 1. The molecule has 2 atom stereocenters. The molecule has 28 heavy (non-hydrogen) atoms. The average Bonchev–Trinajstić information content (AvgIpc) is 3.08. The van der Waals surface area contributed by atoms with Crippen molar-refractivity contribution >= 4 is 22.8 Å². The first-order valence-corrected chi connectivity index (χ1v) is 9.48. The number of hydrogen-bond donors (Lipinski definition) is 2. The highest BCUT2D eigenvalue weighted by Crippen LogP contribution is 2.35. The van der Waals surface area contributed by atoms with Crippen LogP contribution < -0.4 is 15.7 Å². The van der Waals surface area contributed by atoms with Crippen LogP contribution in [-0.2, 0) is 22.4 Å². The van der Waals surface area contributed by atoms with Crippen molar-refractivity contribution in [2.24, 2.45) is 5.92 Å². The average molecular weight is 387 g/mol. The van der Waals surface area contributed by atoms with Gasteiger partial charge in [0.05, 0.1) is 5.39 Å². The van der Waals surface area contributed by atoms with E-state index in [2.05, 4.69) is 5.32 Å². The maximum absolute atomic E-state index is 12.5. The van der Waals surface area contributed by atoms with E-state index in [0.717, 1.165) is 29.4 Å². The summed E-state index contributed by atoms with van der Waals surface area (Å²) in [6.45, 7) is 6.87. The maximum Gasteiger partial charge on any atom is 0.339 e.